The van der Waals surface area contributed by atoms with E-state index in [9.17, 15) is 24.5 Å². The third-order valence-corrected chi connectivity index (χ3v) is 4.72. The van der Waals surface area contributed by atoms with Gasteiger partial charge in [-0.1, -0.05) is 6.07 Å². The number of thiophene rings is 1. The van der Waals surface area contributed by atoms with Crippen LogP contribution < -0.4 is 5.32 Å². The number of carbonyl (C=O) groups excluding carboxylic acids is 3. The molecule has 1 amide bonds. The quantitative estimate of drug-likeness (QED) is 0.290. The number of nitrogens with one attached hydrogen (secondary N) is 1. The molecule has 10 heteroatoms. The molecular formula is C16H13BrN2O6S. The van der Waals surface area contributed by atoms with Crippen molar-refractivity contribution in [3.8, 4) is 0 Å². The maximum atomic E-state index is 11.8. The molecule has 0 fully saturated rings. The van der Waals surface area contributed by atoms with E-state index in [4.69, 9.17) is 4.74 Å². The molecule has 0 saturated carbocycles. The van der Waals surface area contributed by atoms with Crippen molar-refractivity contribution in [3.05, 3.63) is 55.2 Å². The van der Waals surface area contributed by atoms with Crippen molar-refractivity contribution in [1.29, 1.82) is 0 Å². The summed E-state index contributed by atoms with van der Waals surface area (Å²) in [5.74, 6) is -1.42. The molecule has 8 nitrogen and oxygen atoms in total. The standard InChI is InChI=1S/C16H13BrN2O6S/c17-11-8-10(19(23)24)3-4-12(11)18-15(21)9-25-16(22)6-5-13(20)14-2-1-7-26-14/h1-4,7-8H,5-6,9H2,(H,18,21). The summed E-state index contributed by atoms with van der Waals surface area (Å²) >= 11 is 4.41. The number of hydrogen-bond acceptors (Lipinski definition) is 7. The molecule has 1 aromatic heterocycles. The van der Waals surface area contributed by atoms with Crippen molar-refractivity contribution in [1.82, 2.24) is 0 Å². The van der Waals surface area contributed by atoms with Gasteiger partial charge in [-0.3, -0.25) is 24.5 Å². The van der Waals surface area contributed by atoms with Crippen molar-refractivity contribution < 1.29 is 24.0 Å². The minimum atomic E-state index is -0.659. The number of carbonyl (C=O) groups is 3. The van der Waals surface area contributed by atoms with Gasteiger partial charge in [-0.2, -0.15) is 0 Å². The first-order valence-corrected chi connectivity index (χ1v) is 9.00. The predicted molar refractivity (Wildman–Crippen MR) is 98.3 cm³/mol. The Morgan fingerprint density at radius 3 is 2.62 bits per heavy atom. The Hall–Kier alpha value is -2.59. The zero-order chi connectivity index (χ0) is 19.1. The zero-order valence-corrected chi connectivity index (χ0v) is 15.7. The van der Waals surface area contributed by atoms with Gasteiger partial charge >= 0.3 is 5.97 Å². The number of nitro groups is 1. The summed E-state index contributed by atoms with van der Waals surface area (Å²) in [4.78, 5) is 45.9. The SMILES string of the molecule is O=C(COC(=O)CCC(=O)c1cccs1)Nc1ccc([N+](=O)[O-])cc1Br. The molecule has 1 heterocycles. The summed E-state index contributed by atoms with van der Waals surface area (Å²) in [6.07, 6.45) is -0.111. The molecule has 2 rings (SSSR count). The van der Waals surface area contributed by atoms with Crippen molar-refractivity contribution in [2.45, 2.75) is 12.8 Å². The molecule has 0 bridgehead atoms. The number of ketones is 1. The highest BCUT2D eigenvalue weighted by atomic mass is 79.9. The van der Waals surface area contributed by atoms with Gasteiger partial charge in [-0.25, -0.2) is 0 Å². The normalized spacial score (nSPS) is 10.2. The van der Waals surface area contributed by atoms with Crippen LogP contribution in [-0.2, 0) is 14.3 Å². The lowest BCUT2D eigenvalue weighted by molar-refractivity contribution is -0.384. The van der Waals surface area contributed by atoms with Crippen molar-refractivity contribution in [2.24, 2.45) is 0 Å². The van der Waals surface area contributed by atoms with Crippen LogP contribution >= 0.6 is 27.3 Å². The molecule has 0 unspecified atom stereocenters. The van der Waals surface area contributed by atoms with Crippen molar-refractivity contribution >= 4 is 56.3 Å². The van der Waals surface area contributed by atoms with Gasteiger partial charge in [0.25, 0.3) is 11.6 Å². The second kappa shape index (κ2) is 9.20. The Kier molecular flexibility index (Phi) is 6.98. The average Bonchev–Trinajstić information content (AvgIpc) is 3.14. The second-order valence-corrected chi connectivity index (χ2v) is 6.83. The molecule has 0 aliphatic heterocycles. The van der Waals surface area contributed by atoms with E-state index in [0.29, 0.717) is 15.0 Å². The first-order chi connectivity index (χ1) is 12.4. The fourth-order valence-corrected chi connectivity index (χ4v) is 3.06. The Labute approximate surface area is 160 Å². The summed E-state index contributed by atoms with van der Waals surface area (Å²) in [6.45, 7) is -0.518. The number of rotatable bonds is 8. The molecule has 0 radical (unpaired) electrons. The molecule has 1 aromatic carbocycles. The molecule has 2 aromatic rings. The number of esters is 1. The maximum absolute atomic E-state index is 11.8. The number of anilines is 1. The van der Waals surface area contributed by atoms with Gasteiger partial charge in [0.05, 0.1) is 21.9 Å². The topological polar surface area (TPSA) is 116 Å². The summed E-state index contributed by atoms with van der Waals surface area (Å²) in [7, 11) is 0. The van der Waals surface area contributed by atoms with Crippen molar-refractivity contribution in [3.63, 3.8) is 0 Å². The number of non-ortho nitro benzene ring substituents is 1. The first-order valence-electron chi connectivity index (χ1n) is 7.33. The van der Waals surface area contributed by atoms with Gasteiger partial charge in [-0.05, 0) is 33.4 Å². The number of nitrogens with zero attached hydrogens (tertiary/aromatic N) is 1. The number of nitro benzene ring substituents is 1. The number of ether oxygens (including phenoxy) is 1. The fourth-order valence-electron chi connectivity index (χ4n) is 1.90. The van der Waals surface area contributed by atoms with E-state index in [0.717, 1.165) is 0 Å². The van der Waals surface area contributed by atoms with Crippen LogP contribution in [0.25, 0.3) is 0 Å². The van der Waals surface area contributed by atoms with Crippen LogP contribution in [0.1, 0.15) is 22.5 Å². The lowest BCUT2D eigenvalue weighted by Crippen LogP contribution is -2.21. The molecule has 136 valence electrons. The molecule has 26 heavy (non-hydrogen) atoms. The van der Waals surface area contributed by atoms with Crippen LogP contribution in [0.5, 0.6) is 0 Å². The molecular weight excluding hydrogens is 428 g/mol. The van der Waals surface area contributed by atoms with E-state index in [1.54, 1.807) is 17.5 Å². The van der Waals surface area contributed by atoms with Gasteiger partial charge in [0, 0.05) is 23.0 Å². The number of amides is 1. The lowest BCUT2D eigenvalue weighted by atomic mass is 10.2. The third kappa shape index (κ3) is 5.74. The smallest absolute Gasteiger partial charge is 0.306 e. The second-order valence-electron chi connectivity index (χ2n) is 5.03. The Balaban J connectivity index is 1.77. The fraction of sp³-hybridized carbons (Fsp3) is 0.188. The summed E-state index contributed by atoms with van der Waals surface area (Å²) in [5.41, 5.74) is 0.182. The summed E-state index contributed by atoms with van der Waals surface area (Å²) < 4.78 is 5.15. The lowest BCUT2D eigenvalue weighted by Gasteiger charge is -2.08. The average molecular weight is 441 g/mol. The zero-order valence-electron chi connectivity index (χ0n) is 13.3. The number of Topliss-reactive ketones (excluding diaryl/α,β-unsaturated/α-hetero) is 1. The van der Waals surface area contributed by atoms with Gasteiger partial charge in [-0.15, -0.1) is 11.3 Å². The highest BCUT2D eigenvalue weighted by molar-refractivity contribution is 9.10. The maximum Gasteiger partial charge on any atom is 0.306 e. The van der Waals surface area contributed by atoms with E-state index in [1.165, 1.54) is 29.5 Å². The largest absolute Gasteiger partial charge is 0.456 e. The van der Waals surface area contributed by atoms with Crippen LogP contribution in [0.4, 0.5) is 11.4 Å². The van der Waals surface area contributed by atoms with Gasteiger partial charge in [0.1, 0.15) is 0 Å². The summed E-state index contributed by atoms with van der Waals surface area (Å²) in [5, 5.41) is 14.9. The predicted octanol–water partition coefficient (Wildman–Crippen LogP) is 3.56. The van der Waals surface area contributed by atoms with Crippen LogP contribution in [0.2, 0.25) is 0 Å². The Morgan fingerprint density at radius 1 is 1.23 bits per heavy atom. The number of hydrogen-bond donors (Lipinski definition) is 1. The minimum Gasteiger partial charge on any atom is -0.456 e. The summed E-state index contributed by atoms with van der Waals surface area (Å²) in [6, 6.07) is 7.27. The highest BCUT2D eigenvalue weighted by Gasteiger charge is 2.14. The molecule has 0 atom stereocenters. The molecule has 0 saturated heterocycles. The van der Waals surface area contributed by atoms with E-state index in [-0.39, 0.29) is 24.3 Å². The highest BCUT2D eigenvalue weighted by Crippen LogP contribution is 2.27. The Bertz CT molecular complexity index is 837. The van der Waals surface area contributed by atoms with Crippen molar-refractivity contribution in [2.75, 3.05) is 11.9 Å². The number of halogens is 1. The number of benzene rings is 1. The molecule has 1 N–H and O–H groups in total. The van der Waals surface area contributed by atoms with Gasteiger partial charge < -0.3 is 10.1 Å². The van der Waals surface area contributed by atoms with E-state index in [2.05, 4.69) is 21.2 Å². The van der Waals surface area contributed by atoms with E-state index < -0.39 is 23.4 Å². The van der Waals surface area contributed by atoms with Gasteiger partial charge in [0.2, 0.25) is 0 Å². The van der Waals surface area contributed by atoms with Crippen LogP contribution in [0, 0.1) is 10.1 Å². The Morgan fingerprint density at radius 2 is 2.00 bits per heavy atom. The van der Waals surface area contributed by atoms with Gasteiger partial charge in [0.15, 0.2) is 12.4 Å². The van der Waals surface area contributed by atoms with Crippen LogP contribution in [-0.4, -0.2) is 29.2 Å². The van der Waals surface area contributed by atoms with E-state index in [1.807, 2.05) is 0 Å². The molecule has 0 aliphatic rings. The molecule has 0 aliphatic carbocycles. The molecule has 0 spiro atoms. The van der Waals surface area contributed by atoms with E-state index >= 15 is 0 Å². The minimum absolute atomic E-state index is 0.00880. The monoisotopic (exact) mass is 440 g/mol. The van der Waals surface area contributed by atoms with Crippen LogP contribution in [0.3, 0.4) is 0 Å². The first kappa shape index (κ1) is 19.7. The third-order valence-electron chi connectivity index (χ3n) is 3.15. The van der Waals surface area contributed by atoms with Crippen LogP contribution in [0.15, 0.2) is 40.2 Å².